The summed E-state index contributed by atoms with van der Waals surface area (Å²) < 4.78 is 37.5. The topological polar surface area (TPSA) is 95.8 Å². The van der Waals surface area contributed by atoms with E-state index in [0.29, 0.717) is 49.7 Å². The van der Waals surface area contributed by atoms with Crippen LogP contribution in [0, 0.1) is 11.6 Å². The quantitative estimate of drug-likeness (QED) is 0.574. The maximum Gasteiger partial charge on any atom is 0.315 e. The number of carbonyl (C=O) groups excluding carboxylic acids is 2. The summed E-state index contributed by atoms with van der Waals surface area (Å²) in [6.07, 6.45) is 1.12. The van der Waals surface area contributed by atoms with Crippen molar-refractivity contribution < 1.29 is 27.5 Å². The number of furan rings is 1. The molecule has 10 heteroatoms. The Morgan fingerprint density at radius 2 is 2.00 bits per heavy atom. The van der Waals surface area contributed by atoms with Crippen LogP contribution >= 0.6 is 0 Å². The molecular formula is C22H28F2N4O4. The van der Waals surface area contributed by atoms with E-state index in [2.05, 4.69) is 20.9 Å². The predicted molar refractivity (Wildman–Crippen MR) is 113 cm³/mol. The molecule has 0 radical (unpaired) electrons. The molecule has 0 aliphatic carbocycles. The van der Waals surface area contributed by atoms with Gasteiger partial charge >= 0.3 is 6.03 Å². The molecule has 1 aliphatic heterocycles. The third-order valence-electron chi connectivity index (χ3n) is 4.86. The third kappa shape index (κ3) is 7.03. The smallest absolute Gasteiger partial charge is 0.315 e. The van der Waals surface area contributed by atoms with Gasteiger partial charge in [-0.05, 0) is 37.6 Å². The highest BCUT2D eigenvalue weighted by Gasteiger charge is 2.21. The van der Waals surface area contributed by atoms with Crippen LogP contribution in [0.4, 0.5) is 13.6 Å². The Hall–Kier alpha value is -2.98. The molecule has 3 rings (SSSR count). The highest BCUT2D eigenvalue weighted by molar-refractivity contribution is 5.94. The molecule has 3 N–H and O–H groups in total. The van der Waals surface area contributed by atoms with Crippen molar-refractivity contribution in [3.63, 3.8) is 0 Å². The molecule has 1 aromatic heterocycles. The Morgan fingerprint density at radius 1 is 1.19 bits per heavy atom. The minimum Gasteiger partial charge on any atom is -0.467 e. The highest BCUT2D eigenvalue weighted by Crippen LogP contribution is 2.14. The number of nitrogens with zero attached hydrogens (tertiary/aromatic N) is 1. The second kappa shape index (κ2) is 11.1. The summed E-state index contributed by atoms with van der Waals surface area (Å²) in [6, 6.07) is 5.07. The van der Waals surface area contributed by atoms with Gasteiger partial charge in [-0.1, -0.05) is 6.07 Å². The van der Waals surface area contributed by atoms with Gasteiger partial charge in [0, 0.05) is 32.2 Å². The summed E-state index contributed by atoms with van der Waals surface area (Å²) in [7, 11) is 0. The van der Waals surface area contributed by atoms with E-state index in [1.165, 1.54) is 12.3 Å². The molecule has 0 unspecified atom stereocenters. The molecule has 8 nitrogen and oxygen atoms in total. The van der Waals surface area contributed by atoms with Gasteiger partial charge in [-0.3, -0.25) is 9.69 Å². The zero-order chi connectivity index (χ0) is 23.1. The Labute approximate surface area is 185 Å². The van der Waals surface area contributed by atoms with Gasteiger partial charge in [-0.2, -0.15) is 0 Å². The predicted octanol–water partition coefficient (Wildman–Crippen LogP) is 2.40. The number of morpholine rings is 1. The average Bonchev–Trinajstić information content (AvgIpc) is 3.23. The molecule has 32 heavy (non-hydrogen) atoms. The number of ether oxygens (including phenoxy) is 1. The van der Waals surface area contributed by atoms with Crippen molar-refractivity contribution in [3.05, 3.63) is 59.1 Å². The lowest BCUT2D eigenvalue weighted by atomic mass is 10.1. The Bertz CT molecular complexity index is 934. The highest BCUT2D eigenvalue weighted by atomic mass is 19.2. The van der Waals surface area contributed by atoms with Crippen LogP contribution < -0.4 is 16.0 Å². The summed E-state index contributed by atoms with van der Waals surface area (Å²) in [5, 5.41) is 8.19. The van der Waals surface area contributed by atoms with Crippen LogP contribution in [0.25, 0.3) is 0 Å². The Balaban J connectivity index is 1.39. The Kier molecular flexibility index (Phi) is 8.18. The lowest BCUT2D eigenvalue weighted by Crippen LogP contribution is -2.48. The van der Waals surface area contributed by atoms with Crippen LogP contribution in [0.3, 0.4) is 0 Å². The van der Waals surface area contributed by atoms with Gasteiger partial charge in [0.1, 0.15) is 12.0 Å². The lowest BCUT2D eigenvalue weighted by Gasteiger charge is -2.33. The van der Waals surface area contributed by atoms with E-state index >= 15 is 0 Å². The average molecular weight is 450 g/mol. The van der Waals surface area contributed by atoms with E-state index in [4.69, 9.17) is 9.15 Å². The van der Waals surface area contributed by atoms with Crippen LogP contribution in [-0.4, -0.2) is 55.2 Å². The summed E-state index contributed by atoms with van der Waals surface area (Å²) in [5.41, 5.74) is 1.07. The summed E-state index contributed by atoms with van der Waals surface area (Å²) in [6.45, 7) is 6.30. The van der Waals surface area contributed by atoms with Gasteiger partial charge in [-0.15, -0.1) is 0 Å². The number of hydrogen-bond acceptors (Lipinski definition) is 5. The standard InChI is InChI=1S/C22H28F2N4O4/c1-14(2)27-21(29)16-8-17(32-13-16)9-25-22(30)26-10-18-12-28(5-6-31-18)11-15-3-4-19(23)20(24)7-15/h3-4,7-8,13-14,18H,5-6,9-12H2,1-2H3,(H,27,29)(H2,25,26,30)/t18-/m0/s1. The van der Waals surface area contributed by atoms with Crippen LogP contribution in [0.15, 0.2) is 34.9 Å². The van der Waals surface area contributed by atoms with E-state index in [9.17, 15) is 18.4 Å². The second-order valence-corrected chi connectivity index (χ2v) is 7.97. The fourth-order valence-corrected chi connectivity index (χ4v) is 3.32. The van der Waals surface area contributed by atoms with E-state index in [1.54, 1.807) is 12.1 Å². The molecule has 2 heterocycles. The molecule has 0 bridgehead atoms. The summed E-state index contributed by atoms with van der Waals surface area (Å²) in [4.78, 5) is 26.1. The van der Waals surface area contributed by atoms with Crippen molar-refractivity contribution in [1.29, 1.82) is 0 Å². The maximum absolute atomic E-state index is 13.4. The number of hydrogen-bond donors (Lipinski definition) is 3. The molecule has 1 aromatic carbocycles. The fraction of sp³-hybridized carbons (Fsp3) is 0.455. The minimum absolute atomic E-state index is 0.0135. The number of amides is 3. The fourth-order valence-electron chi connectivity index (χ4n) is 3.32. The first-order valence-electron chi connectivity index (χ1n) is 10.5. The first-order valence-corrected chi connectivity index (χ1v) is 10.5. The number of halogens is 2. The maximum atomic E-state index is 13.4. The van der Waals surface area contributed by atoms with Crippen molar-refractivity contribution >= 4 is 11.9 Å². The normalized spacial score (nSPS) is 16.7. The molecule has 2 aromatic rings. The number of nitrogens with one attached hydrogen (secondary N) is 3. The van der Waals surface area contributed by atoms with Gasteiger partial charge in [0.25, 0.3) is 5.91 Å². The molecule has 1 atom stereocenters. The monoisotopic (exact) mass is 450 g/mol. The number of benzene rings is 1. The summed E-state index contributed by atoms with van der Waals surface area (Å²) >= 11 is 0. The van der Waals surface area contributed by atoms with Crippen molar-refractivity contribution in [2.75, 3.05) is 26.2 Å². The van der Waals surface area contributed by atoms with E-state index < -0.39 is 17.7 Å². The van der Waals surface area contributed by atoms with E-state index in [-0.39, 0.29) is 24.6 Å². The molecule has 174 valence electrons. The van der Waals surface area contributed by atoms with Crippen LogP contribution in [0.2, 0.25) is 0 Å². The van der Waals surface area contributed by atoms with Gasteiger partial charge in [0.2, 0.25) is 0 Å². The van der Waals surface area contributed by atoms with Crippen LogP contribution in [0.1, 0.15) is 35.5 Å². The van der Waals surface area contributed by atoms with Crippen molar-refractivity contribution in [2.45, 2.75) is 39.1 Å². The Morgan fingerprint density at radius 3 is 2.75 bits per heavy atom. The van der Waals surface area contributed by atoms with Gasteiger partial charge in [0.15, 0.2) is 11.6 Å². The third-order valence-corrected chi connectivity index (χ3v) is 4.86. The van der Waals surface area contributed by atoms with E-state index in [0.717, 1.165) is 6.07 Å². The summed E-state index contributed by atoms with van der Waals surface area (Å²) in [5.74, 6) is -1.51. The first kappa shape index (κ1) is 23.7. The SMILES string of the molecule is CC(C)NC(=O)c1coc(CNC(=O)NC[C@H]2CN(Cc3ccc(F)c(F)c3)CCO2)c1. The van der Waals surface area contributed by atoms with Gasteiger partial charge in [-0.25, -0.2) is 13.6 Å². The minimum atomic E-state index is -0.867. The molecule has 3 amide bonds. The van der Waals surface area contributed by atoms with E-state index in [1.807, 2.05) is 13.8 Å². The zero-order valence-electron chi connectivity index (χ0n) is 18.1. The van der Waals surface area contributed by atoms with Crippen molar-refractivity contribution in [2.24, 2.45) is 0 Å². The molecule has 0 spiro atoms. The molecule has 0 saturated carbocycles. The number of rotatable bonds is 8. The van der Waals surface area contributed by atoms with Crippen LogP contribution in [0.5, 0.6) is 0 Å². The number of carbonyl (C=O) groups is 2. The zero-order valence-corrected chi connectivity index (χ0v) is 18.1. The largest absolute Gasteiger partial charge is 0.467 e. The molecule has 1 fully saturated rings. The second-order valence-electron chi connectivity index (χ2n) is 7.97. The van der Waals surface area contributed by atoms with Crippen molar-refractivity contribution in [1.82, 2.24) is 20.9 Å². The van der Waals surface area contributed by atoms with Gasteiger partial charge < -0.3 is 25.1 Å². The lowest BCUT2D eigenvalue weighted by molar-refractivity contribution is -0.0287. The van der Waals surface area contributed by atoms with Gasteiger partial charge in [0.05, 0.1) is 24.8 Å². The van der Waals surface area contributed by atoms with Crippen LogP contribution in [-0.2, 0) is 17.8 Å². The molecule has 1 aliphatic rings. The molecule has 1 saturated heterocycles. The van der Waals surface area contributed by atoms with Crippen molar-refractivity contribution in [3.8, 4) is 0 Å². The first-order chi connectivity index (χ1) is 15.3. The molecular weight excluding hydrogens is 422 g/mol. The number of urea groups is 1.